The molecule has 1 aromatic heterocycles. The molecule has 3 nitrogen and oxygen atoms in total. The second-order valence-electron chi connectivity index (χ2n) is 6.87. The molecule has 0 aromatic carbocycles. The normalized spacial score (nSPS) is 20.6. The molecule has 1 N–H and O–H groups in total. The highest BCUT2D eigenvalue weighted by Crippen LogP contribution is 2.21. The van der Waals surface area contributed by atoms with Gasteiger partial charge in [0.05, 0.1) is 0 Å². The van der Waals surface area contributed by atoms with Gasteiger partial charge in [-0.15, -0.1) is 11.3 Å². The molecule has 1 aromatic rings. The molecule has 2 rings (SSSR count). The van der Waals surface area contributed by atoms with Crippen LogP contribution >= 0.6 is 11.3 Å². The predicted molar refractivity (Wildman–Crippen MR) is 92.8 cm³/mol. The van der Waals surface area contributed by atoms with Crippen LogP contribution in [0.5, 0.6) is 0 Å². The molecule has 1 aliphatic heterocycles. The van der Waals surface area contributed by atoms with Crippen molar-refractivity contribution >= 4 is 11.3 Å². The van der Waals surface area contributed by atoms with Gasteiger partial charge in [0.1, 0.15) is 0 Å². The number of hydrogen-bond acceptors (Lipinski definition) is 4. The maximum absolute atomic E-state index is 3.53. The summed E-state index contributed by atoms with van der Waals surface area (Å²) in [5.74, 6) is 0.721. The van der Waals surface area contributed by atoms with E-state index in [-0.39, 0.29) is 0 Å². The summed E-state index contributed by atoms with van der Waals surface area (Å²) in [4.78, 5) is 7.94. The van der Waals surface area contributed by atoms with Gasteiger partial charge >= 0.3 is 0 Å². The van der Waals surface area contributed by atoms with Crippen LogP contribution in [-0.4, -0.2) is 49.6 Å². The van der Waals surface area contributed by atoms with Gasteiger partial charge in [-0.25, -0.2) is 0 Å². The third kappa shape index (κ3) is 5.70. The fourth-order valence-electron chi connectivity index (χ4n) is 2.96. The number of thiophene rings is 1. The van der Waals surface area contributed by atoms with Gasteiger partial charge < -0.3 is 10.2 Å². The molecular formula is C17H31N3S. The maximum atomic E-state index is 3.53. The Morgan fingerprint density at radius 2 is 2.14 bits per heavy atom. The van der Waals surface area contributed by atoms with Crippen LogP contribution in [0.4, 0.5) is 0 Å². The van der Waals surface area contributed by atoms with Gasteiger partial charge in [-0.3, -0.25) is 4.90 Å². The molecular weight excluding hydrogens is 278 g/mol. The van der Waals surface area contributed by atoms with Crippen LogP contribution in [0.2, 0.25) is 0 Å². The smallest absolute Gasteiger partial charge is 0.0328 e. The van der Waals surface area contributed by atoms with Crippen molar-refractivity contribution in [3.63, 3.8) is 0 Å². The molecule has 1 unspecified atom stereocenters. The summed E-state index contributed by atoms with van der Waals surface area (Å²) in [7, 11) is 4.52. The van der Waals surface area contributed by atoms with Crippen LogP contribution in [0.1, 0.15) is 36.4 Å². The number of hydrogen-bond donors (Lipinski definition) is 1. The predicted octanol–water partition coefficient (Wildman–Crippen LogP) is 3.02. The number of piperidine rings is 1. The minimum absolute atomic E-state index is 0.716. The number of likely N-dealkylation sites (tertiary alicyclic amines) is 1. The van der Waals surface area contributed by atoms with E-state index in [1.54, 1.807) is 0 Å². The average Bonchev–Trinajstić information content (AvgIpc) is 2.86. The summed E-state index contributed by atoms with van der Waals surface area (Å²) >= 11 is 1.96. The molecule has 0 amide bonds. The van der Waals surface area contributed by atoms with Gasteiger partial charge in [-0.2, -0.15) is 0 Å². The lowest BCUT2D eigenvalue weighted by atomic mass is 10.1. The fourth-order valence-corrected chi connectivity index (χ4v) is 4.01. The third-order valence-electron chi connectivity index (χ3n) is 4.20. The largest absolute Gasteiger partial charge is 0.312 e. The van der Waals surface area contributed by atoms with E-state index in [0.29, 0.717) is 6.04 Å². The van der Waals surface area contributed by atoms with Crippen molar-refractivity contribution in [2.75, 3.05) is 33.7 Å². The highest BCUT2D eigenvalue weighted by atomic mass is 32.1. The van der Waals surface area contributed by atoms with Gasteiger partial charge in [0.15, 0.2) is 0 Å². The molecule has 0 spiro atoms. The van der Waals surface area contributed by atoms with E-state index in [0.717, 1.165) is 25.6 Å². The molecule has 0 radical (unpaired) electrons. The molecule has 0 bridgehead atoms. The topological polar surface area (TPSA) is 18.5 Å². The van der Waals surface area contributed by atoms with Crippen molar-refractivity contribution in [1.82, 2.24) is 15.1 Å². The molecule has 2 heterocycles. The first-order chi connectivity index (χ1) is 10.0. The lowest BCUT2D eigenvalue weighted by Crippen LogP contribution is -2.44. The first-order valence-corrected chi connectivity index (χ1v) is 9.03. The summed E-state index contributed by atoms with van der Waals surface area (Å²) in [6, 6.07) is 5.31. The first kappa shape index (κ1) is 16.9. The van der Waals surface area contributed by atoms with Crippen molar-refractivity contribution in [1.29, 1.82) is 0 Å². The third-order valence-corrected chi connectivity index (χ3v) is 5.27. The Labute approximate surface area is 134 Å². The molecule has 4 heteroatoms. The summed E-state index contributed by atoms with van der Waals surface area (Å²) in [5.41, 5.74) is 0. The Morgan fingerprint density at radius 3 is 2.86 bits per heavy atom. The number of nitrogens with one attached hydrogen (secondary N) is 1. The lowest BCUT2D eigenvalue weighted by Gasteiger charge is -2.35. The summed E-state index contributed by atoms with van der Waals surface area (Å²) < 4.78 is 0. The Morgan fingerprint density at radius 1 is 1.38 bits per heavy atom. The molecule has 1 fully saturated rings. The van der Waals surface area contributed by atoms with Crippen LogP contribution < -0.4 is 5.32 Å². The average molecular weight is 310 g/mol. The molecule has 0 saturated carbocycles. The van der Waals surface area contributed by atoms with Crippen molar-refractivity contribution in [3.8, 4) is 0 Å². The van der Waals surface area contributed by atoms with Crippen LogP contribution in [0.15, 0.2) is 12.1 Å². The minimum atomic E-state index is 0.716. The van der Waals surface area contributed by atoms with E-state index in [4.69, 9.17) is 0 Å². The Kier molecular flexibility index (Phi) is 6.68. The van der Waals surface area contributed by atoms with Crippen molar-refractivity contribution < 1.29 is 0 Å². The van der Waals surface area contributed by atoms with Crippen molar-refractivity contribution in [2.24, 2.45) is 5.92 Å². The number of nitrogens with zero attached hydrogens (tertiary/aromatic N) is 2. The van der Waals surface area contributed by atoms with Crippen LogP contribution in [0, 0.1) is 5.92 Å². The standard InChI is InChI=1S/C17H31N3S/c1-14(2)10-18-11-16-7-8-17(21-16)13-20(4)15-6-5-9-19(3)12-15/h7-8,14-15,18H,5-6,9-13H2,1-4H3. The van der Waals surface area contributed by atoms with Gasteiger partial charge in [0, 0.05) is 35.4 Å². The second kappa shape index (κ2) is 8.28. The molecule has 1 aliphatic rings. The van der Waals surface area contributed by atoms with Gasteiger partial charge in [-0.1, -0.05) is 13.8 Å². The van der Waals surface area contributed by atoms with Gasteiger partial charge in [0.2, 0.25) is 0 Å². The Hall–Kier alpha value is -0.420. The van der Waals surface area contributed by atoms with Gasteiger partial charge in [-0.05, 0) is 58.1 Å². The van der Waals surface area contributed by atoms with Crippen LogP contribution in [0.25, 0.3) is 0 Å². The van der Waals surface area contributed by atoms with E-state index in [2.05, 4.69) is 55.2 Å². The lowest BCUT2D eigenvalue weighted by molar-refractivity contribution is 0.130. The molecule has 21 heavy (non-hydrogen) atoms. The Bertz CT molecular complexity index is 416. The quantitative estimate of drug-likeness (QED) is 0.835. The van der Waals surface area contributed by atoms with Crippen LogP contribution in [0.3, 0.4) is 0 Å². The number of likely N-dealkylation sites (N-methyl/N-ethyl adjacent to an activating group) is 2. The highest BCUT2D eigenvalue weighted by Gasteiger charge is 2.21. The second-order valence-corrected chi connectivity index (χ2v) is 8.12. The zero-order valence-corrected chi connectivity index (χ0v) is 14.9. The maximum Gasteiger partial charge on any atom is 0.0328 e. The molecule has 0 aliphatic carbocycles. The summed E-state index contributed by atoms with van der Waals surface area (Å²) in [6.07, 6.45) is 2.68. The summed E-state index contributed by atoms with van der Waals surface area (Å²) in [5, 5.41) is 3.53. The minimum Gasteiger partial charge on any atom is -0.312 e. The van der Waals surface area contributed by atoms with E-state index >= 15 is 0 Å². The zero-order chi connectivity index (χ0) is 15.2. The van der Waals surface area contributed by atoms with Gasteiger partial charge in [0.25, 0.3) is 0 Å². The van der Waals surface area contributed by atoms with Crippen molar-refractivity contribution in [2.45, 2.75) is 45.8 Å². The summed E-state index contributed by atoms with van der Waals surface area (Å²) in [6.45, 7) is 10.2. The number of rotatable bonds is 7. The first-order valence-electron chi connectivity index (χ1n) is 8.21. The zero-order valence-electron chi connectivity index (χ0n) is 14.1. The molecule has 120 valence electrons. The fraction of sp³-hybridized carbons (Fsp3) is 0.765. The van der Waals surface area contributed by atoms with E-state index < -0.39 is 0 Å². The van der Waals surface area contributed by atoms with E-state index in [1.807, 2.05) is 11.3 Å². The molecule has 1 atom stereocenters. The molecule has 1 saturated heterocycles. The monoisotopic (exact) mass is 309 g/mol. The highest BCUT2D eigenvalue weighted by molar-refractivity contribution is 7.11. The SMILES string of the molecule is CC(C)CNCc1ccc(CN(C)C2CCCN(C)C2)s1. The Balaban J connectivity index is 1.78. The van der Waals surface area contributed by atoms with Crippen LogP contribution in [-0.2, 0) is 13.1 Å². The van der Waals surface area contributed by atoms with E-state index in [9.17, 15) is 0 Å². The van der Waals surface area contributed by atoms with Crippen molar-refractivity contribution in [3.05, 3.63) is 21.9 Å². The van der Waals surface area contributed by atoms with E-state index in [1.165, 1.54) is 35.7 Å².